The summed E-state index contributed by atoms with van der Waals surface area (Å²) in [6.45, 7) is 3.19. The van der Waals surface area contributed by atoms with Crippen LogP contribution >= 0.6 is 0 Å². The maximum atomic E-state index is 14.2. The molecule has 3 atom stereocenters. The minimum absolute atomic E-state index is 0.0411. The Labute approximate surface area is 263 Å². The summed E-state index contributed by atoms with van der Waals surface area (Å²) in [5.74, 6) is -5.08. The molecule has 0 aromatic heterocycles. The Morgan fingerprint density at radius 1 is 1.13 bits per heavy atom. The number of allylic oxidation sites excluding steroid dienone is 1. The largest absolute Gasteiger partial charge is 0.493 e. The number of methoxy groups -OCH3 is 1. The standard InChI is InChI=1S/C31H36F3N3O9/c1-4-44-30(40)27-26(25(29(39)43-3)19(2)36-28(27)31(32,33)34)23-16-20(37(41)42)12-13-24(23)45-15-9-8-14-35-17-21(38)18-46-22-10-6-5-7-11-22/h5-7,10-13,16,21,25-26,35,38H,4,8-9,14-15,17-18H2,1-3H3. The average molecular weight is 652 g/mol. The van der Waals surface area contributed by atoms with E-state index < -0.39 is 57.9 Å². The van der Waals surface area contributed by atoms with E-state index in [0.29, 0.717) is 25.1 Å². The highest BCUT2D eigenvalue weighted by atomic mass is 19.4. The van der Waals surface area contributed by atoms with Gasteiger partial charge in [-0.3, -0.25) is 19.9 Å². The van der Waals surface area contributed by atoms with Crippen LogP contribution in [0.15, 0.2) is 64.8 Å². The number of aliphatic hydroxyl groups excluding tert-OH is 1. The molecule has 2 aromatic rings. The van der Waals surface area contributed by atoms with Gasteiger partial charge in [0, 0.05) is 35.9 Å². The summed E-state index contributed by atoms with van der Waals surface area (Å²) in [5.41, 5.74) is -3.57. The number of esters is 2. The second kappa shape index (κ2) is 16.7. The SMILES string of the molecule is CCOC(=O)C1=C(C(F)(F)F)N=C(C)C(C(=O)OC)C1c1cc([N+](=O)[O-])ccc1OCCCCNCC(O)COc1ccccc1. The van der Waals surface area contributed by atoms with Crippen LogP contribution in [-0.2, 0) is 19.1 Å². The van der Waals surface area contributed by atoms with Gasteiger partial charge in [-0.25, -0.2) is 4.79 Å². The van der Waals surface area contributed by atoms with Crippen LogP contribution in [0.25, 0.3) is 0 Å². The Morgan fingerprint density at radius 3 is 2.48 bits per heavy atom. The lowest BCUT2D eigenvalue weighted by molar-refractivity contribution is -0.385. The van der Waals surface area contributed by atoms with Crippen molar-refractivity contribution < 1.29 is 51.7 Å². The van der Waals surface area contributed by atoms with E-state index in [-0.39, 0.29) is 43.4 Å². The van der Waals surface area contributed by atoms with Gasteiger partial charge in [0.1, 0.15) is 30.1 Å². The lowest BCUT2D eigenvalue weighted by Crippen LogP contribution is -2.38. The summed E-state index contributed by atoms with van der Waals surface area (Å²) in [5, 5.41) is 24.9. The molecule has 1 aliphatic heterocycles. The van der Waals surface area contributed by atoms with Gasteiger partial charge in [-0.15, -0.1) is 0 Å². The molecular weight excluding hydrogens is 615 g/mol. The van der Waals surface area contributed by atoms with E-state index in [2.05, 4.69) is 10.3 Å². The molecule has 3 rings (SSSR count). The van der Waals surface area contributed by atoms with Crippen molar-refractivity contribution in [2.45, 2.75) is 44.9 Å². The van der Waals surface area contributed by atoms with Crippen LogP contribution in [0.5, 0.6) is 11.5 Å². The highest BCUT2D eigenvalue weighted by Crippen LogP contribution is 2.47. The minimum atomic E-state index is -5.13. The third-order valence-corrected chi connectivity index (χ3v) is 6.97. The van der Waals surface area contributed by atoms with Crippen LogP contribution < -0.4 is 14.8 Å². The molecule has 3 unspecified atom stereocenters. The molecule has 0 saturated heterocycles. The predicted molar refractivity (Wildman–Crippen MR) is 160 cm³/mol. The molecule has 1 aliphatic rings. The van der Waals surface area contributed by atoms with E-state index >= 15 is 0 Å². The van der Waals surface area contributed by atoms with Gasteiger partial charge in [-0.1, -0.05) is 18.2 Å². The second-order valence-electron chi connectivity index (χ2n) is 10.2. The number of para-hydroxylation sites is 1. The first-order valence-electron chi connectivity index (χ1n) is 14.5. The number of ether oxygens (including phenoxy) is 4. The minimum Gasteiger partial charge on any atom is -0.493 e. The number of benzene rings is 2. The van der Waals surface area contributed by atoms with Crippen molar-refractivity contribution in [3.63, 3.8) is 0 Å². The maximum absolute atomic E-state index is 14.2. The van der Waals surface area contributed by atoms with Gasteiger partial charge in [0.2, 0.25) is 0 Å². The summed E-state index contributed by atoms with van der Waals surface area (Å²) < 4.78 is 63.9. The van der Waals surface area contributed by atoms with Gasteiger partial charge in [0.25, 0.3) is 5.69 Å². The fourth-order valence-corrected chi connectivity index (χ4v) is 4.87. The predicted octanol–water partition coefficient (Wildman–Crippen LogP) is 4.51. The van der Waals surface area contributed by atoms with Crippen molar-refractivity contribution in [1.82, 2.24) is 5.32 Å². The molecule has 15 heteroatoms. The van der Waals surface area contributed by atoms with Crippen LogP contribution in [0.2, 0.25) is 0 Å². The number of non-ortho nitro benzene ring substituents is 1. The molecule has 0 aliphatic carbocycles. The van der Waals surface area contributed by atoms with E-state index in [1.54, 1.807) is 12.1 Å². The van der Waals surface area contributed by atoms with Crippen molar-refractivity contribution in [1.29, 1.82) is 0 Å². The molecule has 2 N–H and O–H groups in total. The van der Waals surface area contributed by atoms with Crippen LogP contribution in [-0.4, -0.2) is 80.0 Å². The molecule has 0 bridgehead atoms. The Bertz CT molecular complexity index is 1430. The van der Waals surface area contributed by atoms with Crippen molar-refractivity contribution in [3.8, 4) is 11.5 Å². The molecule has 2 aromatic carbocycles. The number of carbonyl (C=O) groups excluding carboxylic acids is 2. The summed E-state index contributed by atoms with van der Waals surface area (Å²) in [4.78, 5) is 40.5. The molecule has 0 radical (unpaired) electrons. The van der Waals surface area contributed by atoms with Crippen molar-refractivity contribution in [2.24, 2.45) is 10.9 Å². The van der Waals surface area contributed by atoms with Gasteiger partial charge in [-0.2, -0.15) is 13.2 Å². The number of aliphatic hydroxyl groups is 1. The zero-order valence-corrected chi connectivity index (χ0v) is 25.5. The van der Waals surface area contributed by atoms with Crippen molar-refractivity contribution in [3.05, 3.63) is 75.5 Å². The zero-order valence-electron chi connectivity index (χ0n) is 25.5. The summed E-state index contributed by atoms with van der Waals surface area (Å²) in [6, 6.07) is 12.3. The van der Waals surface area contributed by atoms with E-state index in [0.717, 1.165) is 19.2 Å². The molecule has 1 heterocycles. The van der Waals surface area contributed by atoms with Gasteiger partial charge >= 0.3 is 18.1 Å². The van der Waals surface area contributed by atoms with Crippen LogP contribution in [0.1, 0.15) is 38.2 Å². The van der Waals surface area contributed by atoms with Gasteiger partial charge < -0.3 is 29.4 Å². The highest BCUT2D eigenvalue weighted by molar-refractivity contribution is 6.07. The first-order valence-corrected chi connectivity index (χ1v) is 14.5. The highest BCUT2D eigenvalue weighted by Gasteiger charge is 2.50. The van der Waals surface area contributed by atoms with Gasteiger partial charge in [0.05, 0.1) is 30.8 Å². The van der Waals surface area contributed by atoms with Crippen LogP contribution in [0.3, 0.4) is 0 Å². The third-order valence-electron chi connectivity index (χ3n) is 6.97. The first kappa shape index (κ1) is 36.0. The molecule has 0 fully saturated rings. The number of alkyl halides is 3. The van der Waals surface area contributed by atoms with E-state index in [1.165, 1.54) is 19.9 Å². The number of hydrogen-bond acceptors (Lipinski definition) is 11. The average Bonchev–Trinajstić information content (AvgIpc) is 3.02. The van der Waals surface area contributed by atoms with Crippen LogP contribution in [0, 0.1) is 16.0 Å². The normalized spacial score (nSPS) is 17.2. The third kappa shape index (κ3) is 9.50. The number of nitrogens with one attached hydrogen (secondary N) is 1. The number of unbranched alkanes of at least 4 members (excludes halogenated alkanes) is 1. The molecule has 0 saturated carbocycles. The number of aliphatic imine (C=N–C) groups is 1. The zero-order chi connectivity index (χ0) is 33.9. The monoisotopic (exact) mass is 651 g/mol. The Balaban J connectivity index is 1.80. The number of halogens is 3. The van der Waals surface area contributed by atoms with Crippen LogP contribution in [0.4, 0.5) is 18.9 Å². The van der Waals surface area contributed by atoms with Crippen molar-refractivity contribution in [2.75, 3.05) is 40.0 Å². The van der Waals surface area contributed by atoms with Crippen molar-refractivity contribution >= 4 is 23.3 Å². The second-order valence-corrected chi connectivity index (χ2v) is 10.2. The number of hydrogen-bond donors (Lipinski definition) is 2. The Morgan fingerprint density at radius 2 is 1.85 bits per heavy atom. The van der Waals surface area contributed by atoms with E-state index in [9.17, 15) is 38.0 Å². The Kier molecular flexibility index (Phi) is 13.1. The molecular formula is C31H36F3N3O9. The molecule has 46 heavy (non-hydrogen) atoms. The number of nitro groups is 1. The number of rotatable bonds is 16. The lowest BCUT2D eigenvalue weighted by atomic mass is 9.75. The van der Waals surface area contributed by atoms with Gasteiger partial charge in [-0.05, 0) is 51.4 Å². The smallest absolute Gasteiger partial charge is 0.433 e. The van der Waals surface area contributed by atoms with E-state index in [1.807, 2.05) is 18.2 Å². The van der Waals surface area contributed by atoms with E-state index in [4.69, 9.17) is 18.9 Å². The fraction of sp³-hybridized carbons (Fsp3) is 0.452. The summed E-state index contributed by atoms with van der Waals surface area (Å²) in [7, 11) is 1.02. The molecule has 0 spiro atoms. The lowest BCUT2D eigenvalue weighted by Gasteiger charge is -2.33. The molecule has 0 amide bonds. The molecule has 250 valence electrons. The quantitative estimate of drug-likeness (QED) is 0.114. The fourth-order valence-electron chi connectivity index (χ4n) is 4.87. The Hall–Kier alpha value is -4.50. The maximum Gasteiger partial charge on any atom is 0.433 e. The number of nitrogens with zero attached hydrogens (tertiary/aromatic N) is 2. The first-order chi connectivity index (χ1) is 21.9. The topological polar surface area (TPSA) is 159 Å². The number of nitro benzene ring substituents is 1. The molecule has 12 nitrogen and oxygen atoms in total. The van der Waals surface area contributed by atoms with Gasteiger partial charge in [0.15, 0.2) is 5.70 Å². The number of carbonyl (C=O) groups is 2. The summed E-state index contributed by atoms with van der Waals surface area (Å²) in [6.07, 6.45) is -4.87. The summed E-state index contributed by atoms with van der Waals surface area (Å²) >= 11 is 0.